The Morgan fingerprint density at radius 2 is 2.07 bits per heavy atom. The van der Waals surface area contributed by atoms with E-state index in [-0.39, 0.29) is 12.1 Å². The van der Waals surface area contributed by atoms with Crippen LogP contribution in [-0.4, -0.2) is 9.97 Å². The number of nitrogens with one attached hydrogen (secondary N) is 2. The van der Waals surface area contributed by atoms with Gasteiger partial charge in [-0.3, -0.25) is 9.78 Å². The average molecular weight is 209 g/mol. The van der Waals surface area contributed by atoms with Crippen LogP contribution >= 0.6 is 0 Å². The fourth-order valence-electron chi connectivity index (χ4n) is 1.34. The van der Waals surface area contributed by atoms with Gasteiger partial charge >= 0.3 is 5.69 Å². The lowest BCUT2D eigenvalue weighted by molar-refractivity contribution is 0.826. The summed E-state index contributed by atoms with van der Waals surface area (Å²) in [6.07, 6.45) is 1.26. The van der Waals surface area contributed by atoms with Gasteiger partial charge in [-0.1, -0.05) is 5.57 Å². The number of hydrogen-bond donors (Lipinski definition) is 3. The van der Waals surface area contributed by atoms with E-state index >= 15 is 0 Å². The molecule has 15 heavy (non-hydrogen) atoms. The summed E-state index contributed by atoms with van der Waals surface area (Å²) < 4.78 is 0. The van der Waals surface area contributed by atoms with Gasteiger partial charge in [0.05, 0.1) is 0 Å². The van der Waals surface area contributed by atoms with Crippen LogP contribution in [0.1, 0.15) is 24.6 Å². The van der Waals surface area contributed by atoms with E-state index in [0.29, 0.717) is 24.1 Å². The van der Waals surface area contributed by atoms with Gasteiger partial charge in [0.25, 0.3) is 5.56 Å². The maximum atomic E-state index is 11.5. The highest BCUT2D eigenvalue weighted by atomic mass is 16.2. The molecule has 0 spiro atoms. The zero-order chi connectivity index (χ0) is 11.4. The van der Waals surface area contributed by atoms with Gasteiger partial charge in [0, 0.05) is 17.8 Å². The summed E-state index contributed by atoms with van der Waals surface area (Å²) in [7, 11) is 0. The Morgan fingerprint density at radius 1 is 1.40 bits per heavy atom. The van der Waals surface area contributed by atoms with Gasteiger partial charge in [-0.25, -0.2) is 4.79 Å². The monoisotopic (exact) mass is 209 g/mol. The summed E-state index contributed by atoms with van der Waals surface area (Å²) in [5.74, 6) is 0. The summed E-state index contributed by atoms with van der Waals surface area (Å²) >= 11 is 0. The highest BCUT2D eigenvalue weighted by Crippen LogP contribution is 2.05. The van der Waals surface area contributed by atoms with Gasteiger partial charge < -0.3 is 10.7 Å². The molecular weight excluding hydrogens is 194 g/mol. The third kappa shape index (κ3) is 2.92. The van der Waals surface area contributed by atoms with Crippen molar-refractivity contribution in [1.29, 1.82) is 0 Å². The van der Waals surface area contributed by atoms with E-state index in [2.05, 4.69) is 16.5 Å². The highest BCUT2D eigenvalue weighted by Gasteiger charge is 2.07. The minimum absolute atomic E-state index is 0.157. The summed E-state index contributed by atoms with van der Waals surface area (Å²) in [6, 6.07) is 0. The van der Waals surface area contributed by atoms with E-state index < -0.39 is 5.69 Å². The zero-order valence-electron chi connectivity index (χ0n) is 8.72. The van der Waals surface area contributed by atoms with Crippen molar-refractivity contribution in [2.45, 2.75) is 26.3 Å². The Bertz CT molecular complexity index is 470. The van der Waals surface area contributed by atoms with Crippen LogP contribution in [0.3, 0.4) is 0 Å². The van der Waals surface area contributed by atoms with Crippen LogP contribution in [0.25, 0.3) is 0 Å². The average Bonchev–Trinajstić information content (AvgIpc) is 2.14. The number of H-pyrrole nitrogens is 2. The molecule has 4 N–H and O–H groups in total. The summed E-state index contributed by atoms with van der Waals surface area (Å²) in [5, 5.41) is 0. The van der Waals surface area contributed by atoms with Gasteiger partial charge in [0.2, 0.25) is 0 Å². The molecule has 0 saturated carbocycles. The fourth-order valence-corrected chi connectivity index (χ4v) is 1.34. The molecule has 1 aromatic rings. The predicted molar refractivity (Wildman–Crippen MR) is 58.7 cm³/mol. The number of rotatable bonds is 4. The second kappa shape index (κ2) is 4.75. The number of allylic oxidation sites excluding steroid dienone is 1. The van der Waals surface area contributed by atoms with Crippen LogP contribution < -0.4 is 17.0 Å². The molecule has 1 aromatic heterocycles. The molecule has 0 atom stereocenters. The quantitative estimate of drug-likeness (QED) is 0.611. The Kier molecular flexibility index (Phi) is 3.62. The molecule has 0 aliphatic rings. The van der Waals surface area contributed by atoms with Crippen molar-refractivity contribution in [3.63, 3.8) is 0 Å². The smallest absolute Gasteiger partial charge is 0.325 e. The van der Waals surface area contributed by atoms with E-state index in [9.17, 15) is 9.59 Å². The lowest BCUT2D eigenvalue weighted by atomic mass is 10.1. The second-order valence-electron chi connectivity index (χ2n) is 3.53. The lowest BCUT2D eigenvalue weighted by Gasteiger charge is -2.05. The molecule has 0 bridgehead atoms. The first-order valence-electron chi connectivity index (χ1n) is 4.73. The van der Waals surface area contributed by atoms with E-state index in [4.69, 9.17) is 5.73 Å². The van der Waals surface area contributed by atoms with Crippen LogP contribution in [-0.2, 0) is 13.0 Å². The van der Waals surface area contributed by atoms with E-state index in [1.54, 1.807) is 0 Å². The first-order valence-corrected chi connectivity index (χ1v) is 4.73. The van der Waals surface area contributed by atoms with Crippen molar-refractivity contribution in [1.82, 2.24) is 9.97 Å². The molecule has 82 valence electrons. The molecule has 0 aliphatic heterocycles. The van der Waals surface area contributed by atoms with Gasteiger partial charge in [0.15, 0.2) is 0 Å². The van der Waals surface area contributed by atoms with E-state index in [0.717, 1.165) is 5.57 Å². The molecule has 1 heterocycles. The van der Waals surface area contributed by atoms with Gasteiger partial charge in [-0.05, 0) is 19.8 Å². The van der Waals surface area contributed by atoms with E-state index in [1.165, 1.54) is 0 Å². The van der Waals surface area contributed by atoms with Crippen LogP contribution in [0.15, 0.2) is 21.7 Å². The standard InChI is InChI=1S/C10H15N3O2/c1-6(2)3-4-7-8(5-11)12-10(15)13-9(7)14/h1,3-5,11H2,2H3,(H2,12,13,14,15). The molecule has 0 amide bonds. The summed E-state index contributed by atoms with van der Waals surface area (Å²) in [4.78, 5) is 27.2. The molecule has 0 radical (unpaired) electrons. The molecule has 5 nitrogen and oxygen atoms in total. The molecule has 0 fully saturated rings. The van der Waals surface area contributed by atoms with Crippen LogP contribution in [0, 0.1) is 0 Å². The Balaban J connectivity index is 3.10. The van der Waals surface area contributed by atoms with Crippen molar-refractivity contribution < 1.29 is 0 Å². The van der Waals surface area contributed by atoms with Crippen LogP contribution in [0.2, 0.25) is 0 Å². The molecule has 0 aliphatic carbocycles. The molecule has 0 unspecified atom stereocenters. The number of nitrogens with two attached hydrogens (primary N) is 1. The van der Waals surface area contributed by atoms with Crippen molar-refractivity contribution in [2.24, 2.45) is 5.73 Å². The Hall–Kier alpha value is -1.62. The summed E-state index contributed by atoms with van der Waals surface area (Å²) in [6.45, 7) is 5.81. The minimum Gasteiger partial charge on any atom is -0.325 e. The summed E-state index contributed by atoms with van der Waals surface area (Å²) in [5.41, 5.74) is 6.61. The number of aromatic nitrogens is 2. The third-order valence-corrected chi connectivity index (χ3v) is 2.14. The SMILES string of the molecule is C=C(C)CCc1c(CN)[nH]c(=O)[nH]c1=O. The second-order valence-corrected chi connectivity index (χ2v) is 3.53. The van der Waals surface area contributed by atoms with Crippen LogP contribution in [0.4, 0.5) is 0 Å². The van der Waals surface area contributed by atoms with E-state index in [1.807, 2.05) is 6.92 Å². The van der Waals surface area contributed by atoms with Crippen molar-refractivity contribution in [3.05, 3.63) is 44.2 Å². The van der Waals surface area contributed by atoms with Gasteiger partial charge in [-0.15, -0.1) is 6.58 Å². The normalized spacial score (nSPS) is 10.3. The van der Waals surface area contributed by atoms with Crippen molar-refractivity contribution in [2.75, 3.05) is 0 Å². The number of hydrogen-bond acceptors (Lipinski definition) is 3. The highest BCUT2D eigenvalue weighted by molar-refractivity contribution is 5.17. The van der Waals surface area contributed by atoms with Gasteiger partial charge in [-0.2, -0.15) is 0 Å². The molecule has 1 rings (SSSR count). The first kappa shape index (κ1) is 11.5. The molecule has 0 saturated heterocycles. The Labute approximate surface area is 87.0 Å². The molecule has 0 aromatic carbocycles. The minimum atomic E-state index is -0.514. The van der Waals surface area contributed by atoms with Gasteiger partial charge in [0.1, 0.15) is 0 Å². The van der Waals surface area contributed by atoms with Crippen molar-refractivity contribution >= 4 is 0 Å². The third-order valence-electron chi connectivity index (χ3n) is 2.14. The maximum absolute atomic E-state index is 11.5. The molecule has 5 heteroatoms. The Morgan fingerprint density at radius 3 is 2.60 bits per heavy atom. The zero-order valence-corrected chi connectivity index (χ0v) is 8.72. The predicted octanol–water partition coefficient (Wildman–Crippen LogP) is 0.0306. The topological polar surface area (TPSA) is 91.7 Å². The first-order chi connectivity index (χ1) is 7.04. The van der Waals surface area contributed by atoms with Crippen molar-refractivity contribution in [3.8, 4) is 0 Å². The lowest BCUT2D eigenvalue weighted by Crippen LogP contribution is -2.29. The largest absolute Gasteiger partial charge is 0.325 e. The maximum Gasteiger partial charge on any atom is 0.325 e. The van der Waals surface area contributed by atoms with Crippen LogP contribution in [0.5, 0.6) is 0 Å². The fraction of sp³-hybridized carbons (Fsp3) is 0.400. The number of aromatic amines is 2. The molecular formula is C10H15N3O2.